The summed E-state index contributed by atoms with van der Waals surface area (Å²) in [4.78, 5) is 19.9. The number of benzene rings is 1. The Morgan fingerprint density at radius 1 is 1.30 bits per heavy atom. The molecule has 1 aromatic heterocycles. The van der Waals surface area contributed by atoms with Crippen molar-refractivity contribution in [3.63, 3.8) is 0 Å². The Morgan fingerprint density at radius 3 is 2.65 bits per heavy atom. The maximum absolute atomic E-state index is 11.3. The minimum Gasteiger partial charge on any atom is -0.480 e. The molecule has 1 aromatic carbocycles. The number of rotatable bonds is 3. The van der Waals surface area contributed by atoms with Crippen molar-refractivity contribution in [1.82, 2.24) is 4.98 Å². The summed E-state index contributed by atoms with van der Waals surface area (Å²) in [5.41, 5.74) is 1.23. The van der Waals surface area contributed by atoms with Crippen molar-refractivity contribution in [2.75, 3.05) is 0 Å². The Hall–Kier alpha value is -2.23. The zero-order valence-corrected chi connectivity index (χ0v) is 11.9. The molecule has 0 fully saturated rings. The maximum Gasteiger partial charge on any atom is 0.328 e. The average Bonchev–Trinajstić information content (AvgIpc) is 2.37. The number of para-hydroxylation sites is 1. The Morgan fingerprint density at radius 2 is 2.00 bits per heavy atom. The monoisotopic (exact) mass is 270 g/mol. The highest BCUT2D eigenvalue weighted by atomic mass is 16.4. The molecule has 1 heterocycles. The van der Waals surface area contributed by atoms with Gasteiger partial charge in [-0.25, -0.2) is 4.79 Å². The fourth-order valence-corrected chi connectivity index (χ4v) is 2.04. The fraction of sp³-hybridized carbons (Fsp3) is 0.312. The predicted molar refractivity (Wildman–Crippen MR) is 80.2 cm³/mol. The number of pyridine rings is 1. The number of carbonyl (C=O) groups is 1. The van der Waals surface area contributed by atoms with E-state index in [9.17, 15) is 9.90 Å². The van der Waals surface area contributed by atoms with Gasteiger partial charge in [0.1, 0.15) is 0 Å². The lowest BCUT2D eigenvalue weighted by molar-refractivity contribution is -0.140. The van der Waals surface area contributed by atoms with Gasteiger partial charge in [0.25, 0.3) is 0 Å². The molecule has 1 unspecified atom stereocenters. The van der Waals surface area contributed by atoms with Gasteiger partial charge in [0.15, 0.2) is 6.04 Å². The summed E-state index contributed by atoms with van der Waals surface area (Å²) >= 11 is 0. The van der Waals surface area contributed by atoms with Gasteiger partial charge in [-0.05, 0) is 11.5 Å². The van der Waals surface area contributed by atoms with Crippen LogP contribution in [0.3, 0.4) is 0 Å². The smallest absolute Gasteiger partial charge is 0.328 e. The number of aliphatic imine (C=N–C) groups is 1. The van der Waals surface area contributed by atoms with Crippen LogP contribution in [0.15, 0.2) is 41.5 Å². The number of hydrogen-bond acceptors (Lipinski definition) is 3. The second-order valence-corrected chi connectivity index (χ2v) is 5.81. The summed E-state index contributed by atoms with van der Waals surface area (Å²) in [6.07, 6.45) is 3.33. The molecular formula is C16H18N2O2. The number of carboxylic acids is 1. The normalized spacial score (nSPS) is 13.8. The van der Waals surface area contributed by atoms with Crippen LogP contribution in [0.4, 0.5) is 0 Å². The van der Waals surface area contributed by atoms with Crippen LogP contribution >= 0.6 is 0 Å². The SMILES string of the molecule is CC(C)(C)C(N=Cc1cccc2cccnc12)C(=O)O. The van der Waals surface area contributed by atoms with Gasteiger partial charge in [0.2, 0.25) is 0 Å². The van der Waals surface area contributed by atoms with Gasteiger partial charge in [-0.2, -0.15) is 0 Å². The van der Waals surface area contributed by atoms with Crippen LogP contribution in [0.25, 0.3) is 10.9 Å². The average molecular weight is 270 g/mol. The highest BCUT2D eigenvalue weighted by Gasteiger charge is 2.30. The molecule has 0 aliphatic heterocycles. The first-order chi connectivity index (χ1) is 9.39. The van der Waals surface area contributed by atoms with Crippen molar-refractivity contribution in [3.05, 3.63) is 42.1 Å². The van der Waals surface area contributed by atoms with E-state index in [1.807, 2.05) is 51.1 Å². The molecule has 20 heavy (non-hydrogen) atoms. The summed E-state index contributed by atoms with van der Waals surface area (Å²) in [6.45, 7) is 5.60. The highest BCUT2D eigenvalue weighted by Crippen LogP contribution is 2.23. The van der Waals surface area contributed by atoms with E-state index in [0.29, 0.717) is 0 Å². The van der Waals surface area contributed by atoms with Crippen molar-refractivity contribution in [2.24, 2.45) is 10.4 Å². The number of aliphatic carboxylic acids is 1. The lowest BCUT2D eigenvalue weighted by Crippen LogP contribution is -2.32. The van der Waals surface area contributed by atoms with Crippen LogP contribution < -0.4 is 0 Å². The molecule has 104 valence electrons. The number of fused-ring (bicyclic) bond motifs is 1. The third-order valence-electron chi connectivity index (χ3n) is 3.08. The van der Waals surface area contributed by atoms with E-state index in [-0.39, 0.29) is 0 Å². The molecule has 2 aromatic rings. The molecule has 0 amide bonds. The third kappa shape index (κ3) is 3.02. The maximum atomic E-state index is 11.3. The minimum atomic E-state index is -0.915. The van der Waals surface area contributed by atoms with Crippen molar-refractivity contribution >= 4 is 23.1 Å². The predicted octanol–water partition coefficient (Wildman–Crippen LogP) is 3.15. The molecule has 2 rings (SSSR count). The summed E-state index contributed by atoms with van der Waals surface area (Å²) in [5.74, 6) is -0.915. The van der Waals surface area contributed by atoms with E-state index in [1.54, 1.807) is 12.4 Å². The van der Waals surface area contributed by atoms with Crippen molar-refractivity contribution in [1.29, 1.82) is 0 Å². The second kappa shape index (κ2) is 5.41. The van der Waals surface area contributed by atoms with E-state index >= 15 is 0 Å². The molecule has 0 saturated carbocycles. The number of carboxylic acid groups (broad SMARTS) is 1. The summed E-state index contributed by atoms with van der Waals surface area (Å²) in [6, 6.07) is 8.84. The van der Waals surface area contributed by atoms with E-state index in [1.165, 1.54) is 0 Å². The molecule has 0 saturated heterocycles. The minimum absolute atomic E-state index is 0.430. The topological polar surface area (TPSA) is 62.5 Å². The Balaban J connectivity index is 2.41. The fourth-order valence-electron chi connectivity index (χ4n) is 2.04. The third-order valence-corrected chi connectivity index (χ3v) is 3.08. The van der Waals surface area contributed by atoms with Gasteiger partial charge in [-0.1, -0.05) is 45.0 Å². The van der Waals surface area contributed by atoms with Crippen molar-refractivity contribution in [2.45, 2.75) is 26.8 Å². The molecule has 4 heteroatoms. The summed E-state index contributed by atoms with van der Waals surface area (Å²) in [7, 11) is 0. The Bertz CT molecular complexity index is 652. The van der Waals surface area contributed by atoms with Gasteiger partial charge < -0.3 is 5.11 Å². The van der Waals surface area contributed by atoms with Crippen LogP contribution in [-0.2, 0) is 4.79 Å². The first kappa shape index (κ1) is 14.2. The molecule has 0 aliphatic rings. The van der Waals surface area contributed by atoms with Gasteiger partial charge in [-0.15, -0.1) is 0 Å². The molecule has 1 N–H and O–H groups in total. The summed E-state index contributed by atoms with van der Waals surface area (Å²) < 4.78 is 0. The lowest BCUT2D eigenvalue weighted by Gasteiger charge is -2.23. The first-order valence-corrected chi connectivity index (χ1v) is 6.49. The van der Waals surface area contributed by atoms with E-state index in [2.05, 4.69) is 9.98 Å². The molecule has 1 atom stereocenters. The van der Waals surface area contributed by atoms with Crippen LogP contribution in [-0.4, -0.2) is 28.3 Å². The van der Waals surface area contributed by atoms with Crippen LogP contribution in [0, 0.1) is 5.41 Å². The molecule has 0 spiro atoms. The van der Waals surface area contributed by atoms with Gasteiger partial charge >= 0.3 is 5.97 Å². The van der Waals surface area contributed by atoms with Gasteiger partial charge in [0, 0.05) is 23.4 Å². The molecular weight excluding hydrogens is 252 g/mol. The molecule has 0 radical (unpaired) electrons. The Kier molecular flexibility index (Phi) is 3.84. The van der Waals surface area contributed by atoms with E-state index in [4.69, 9.17) is 0 Å². The molecule has 0 aliphatic carbocycles. The quantitative estimate of drug-likeness (QED) is 0.871. The Labute approximate surface area is 118 Å². The molecule has 4 nitrogen and oxygen atoms in total. The molecule has 0 bridgehead atoms. The lowest BCUT2D eigenvalue weighted by atomic mass is 9.87. The van der Waals surface area contributed by atoms with Crippen molar-refractivity contribution < 1.29 is 9.90 Å². The zero-order valence-electron chi connectivity index (χ0n) is 11.9. The van der Waals surface area contributed by atoms with E-state index < -0.39 is 17.4 Å². The first-order valence-electron chi connectivity index (χ1n) is 6.49. The van der Waals surface area contributed by atoms with E-state index in [0.717, 1.165) is 16.5 Å². The zero-order chi connectivity index (χ0) is 14.8. The standard InChI is InChI=1S/C16H18N2O2/c1-16(2,3)14(15(19)20)18-10-12-7-4-6-11-8-5-9-17-13(11)12/h4-10,14H,1-3H3,(H,19,20). The number of nitrogens with zero attached hydrogens (tertiary/aromatic N) is 2. The number of hydrogen-bond donors (Lipinski definition) is 1. The number of aromatic nitrogens is 1. The highest BCUT2D eigenvalue weighted by molar-refractivity contribution is 5.98. The second-order valence-electron chi connectivity index (χ2n) is 5.81. The van der Waals surface area contributed by atoms with Gasteiger partial charge in [0.05, 0.1) is 5.52 Å². The van der Waals surface area contributed by atoms with Crippen LogP contribution in [0.1, 0.15) is 26.3 Å². The van der Waals surface area contributed by atoms with Crippen molar-refractivity contribution in [3.8, 4) is 0 Å². The van der Waals surface area contributed by atoms with Crippen LogP contribution in [0.5, 0.6) is 0 Å². The largest absolute Gasteiger partial charge is 0.480 e. The van der Waals surface area contributed by atoms with Crippen LogP contribution in [0.2, 0.25) is 0 Å². The summed E-state index contributed by atoms with van der Waals surface area (Å²) in [5, 5.41) is 10.3. The van der Waals surface area contributed by atoms with Gasteiger partial charge in [-0.3, -0.25) is 9.98 Å².